The number of esters is 1. The van der Waals surface area contributed by atoms with Gasteiger partial charge in [-0.3, -0.25) is 4.79 Å². The first-order valence-electron chi connectivity index (χ1n) is 8.38. The van der Waals surface area contributed by atoms with Gasteiger partial charge in [-0.15, -0.1) is 0 Å². The van der Waals surface area contributed by atoms with Crippen molar-refractivity contribution in [3.05, 3.63) is 106 Å². The van der Waals surface area contributed by atoms with E-state index in [9.17, 15) is 9.59 Å². The quantitative estimate of drug-likeness (QED) is 0.246. The Hall–Kier alpha value is -3.17. The Morgan fingerprint density at radius 1 is 0.815 bits per heavy atom. The molecule has 0 bridgehead atoms. The molecule has 3 rings (SSSR count). The molecule has 0 saturated heterocycles. The van der Waals surface area contributed by atoms with E-state index in [1.54, 1.807) is 66.7 Å². The van der Waals surface area contributed by atoms with Gasteiger partial charge in [-0.1, -0.05) is 59.6 Å². The maximum atomic E-state index is 12.2. The zero-order valence-electron chi connectivity index (χ0n) is 14.7. The first kappa shape index (κ1) is 18.6. The highest BCUT2D eigenvalue weighted by atomic mass is 35.5. The summed E-state index contributed by atoms with van der Waals surface area (Å²) in [5, 5.41) is 0.558. The van der Waals surface area contributed by atoms with Crippen molar-refractivity contribution in [3.63, 3.8) is 0 Å². The number of halogens is 1. The molecule has 0 aliphatic carbocycles. The minimum atomic E-state index is -0.454. The van der Waals surface area contributed by atoms with Crippen LogP contribution in [0.5, 0.6) is 5.75 Å². The highest BCUT2D eigenvalue weighted by Crippen LogP contribution is 2.17. The molecule has 0 aliphatic heterocycles. The smallest absolute Gasteiger partial charge is 0.343 e. The molecule has 0 N–H and O–H groups in total. The second kappa shape index (κ2) is 8.47. The van der Waals surface area contributed by atoms with Crippen molar-refractivity contribution in [3.8, 4) is 5.75 Å². The average molecular weight is 377 g/mol. The number of allylic oxidation sites excluding steroid dienone is 1. The topological polar surface area (TPSA) is 43.4 Å². The molecular formula is C23H17ClO3. The van der Waals surface area contributed by atoms with Gasteiger partial charge in [0.15, 0.2) is 5.78 Å². The van der Waals surface area contributed by atoms with Gasteiger partial charge in [-0.05, 0) is 55.0 Å². The largest absolute Gasteiger partial charge is 0.423 e. The van der Waals surface area contributed by atoms with Gasteiger partial charge in [-0.25, -0.2) is 4.79 Å². The Labute approximate surface area is 162 Å². The highest BCUT2D eigenvalue weighted by Gasteiger charge is 2.08. The Bertz CT molecular complexity index is 970. The second-order valence-corrected chi connectivity index (χ2v) is 6.47. The molecule has 0 heterocycles. The van der Waals surface area contributed by atoms with Crippen LogP contribution in [0.3, 0.4) is 0 Å². The summed E-state index contributed by atoms with van der Waals surface area (Å²) in [4.78, 5) is 24.2. The summed E-state index contributed by atoms with van der Waals surface area (Å²) >= 11 is 5.81. The van der Waals surface area contributed by atoms with Crippen LogP contribution in [0.15, 0.2) is 78.9 Å². The number of carbonyl (C=O) groups is 2. The van der Waals surface area contributed by atoms with Crippen LogP contribution >= 0.6 is 11.6 Å². The first-order chi connectivity index (χ1) is 13.0. The van der Waals surface area contributed by atoms with Gasteiger partial charge in [0.25, 0.3) is 0 Å². The van der Waals surface area contributed by atoms with E-state index in [1.807, 2.05) is 19.1 Å². The standard InChI is InChI=1S/C23H17ClO3/c1-16-2-7-18(8-3-16)22(25)15-6-17-4-13-21(14-5-17)27-23(26)19-9-11-20(24)12-10-19/h2-15H,1H3/b15-6+. The van der Waals surface area contributed by atoms with E-state index in [-0.39, 0.29) is 5.78 Å². The Kier molecular flexibility index (Phi) is 5.84. The van der Waals surface area contributed by atoms with Crippen molar-refractivity contribution in [2.75, 3.05) is 0 Å². The fraction of sp³-hybridized carbons (Fsp3) is 0.0435. The van der Waals surface area contributed by atoms with Crippen LogP contribution in [0.25, 0.3) is 6.08 Å². The lowest BCUT2D eigenvalue weighted by atomic mass is 10.1. The predicted octanol–water partition coefficient (Wildman–Crippen LogP) is 5.76. The van der Waals surface area contributed by atoms with Gasteiger partial charge in [0.2, 0.25) is 0 Å². The zero-order chi connectivity index (χ0) is 19.2. The van der Waals surface area contributed by atoms with Crippen LogP contribution < -0.4 is 4.74 Å². The number of carbonyl (C=O) groups excluding carboxylic acids is 2. The summed E-state index contributed by atoms with van der Waals surface area (Å²) in [5.41, 5.74) is 3.01. The maximum absolute atomic E-state index is 12.2. The molecule has 0 aromatic heterocycles. The SMILES string of the molecule is Cc1ccc(C(=O)/C=C/c2ccc(OC(=O)c3ccc(Cl)cc3)cc2)cc1. The number of ketones is 1. The Morgan fingerprint density at radius 3 is 2.04 bits per heavy atom. The minimum Gasteiger partial charge on any atom is -0.423 e. The molecule has 3 nitrogen and oxygen atoms in total. The van der Waals surface area contributed by atoms with E-state index in [0.717, 1.165) is 11.1 Å². The third-order valence-corrected chi connectivity index (χ3v) is 4.19. The third-order valence-electron chi connectivity index (χ3n) is 3.93. The molecule has 134 valence electrons. The normalized spacial score (nSPS) is 10.7. The van der Waals surface area contributed by atoms with Crippen LogP contribution in [0, 0.1) is 6.92 Å². The lowest BCUT2D eigenvalue weighted by Crippen LogP contribution is -2.08. The molecule has 4 heteroatoms. The van der Waals surface area contributed by atoms with Crippen molar-refractivity contribution in [2.45, 2.75) is 6.92 Å². The van der Waals surface area contributed by atoms with E-state index in [4.69, 9.17) is 16.3 Å². The number of benzene rings is 3. The van der Waals surface area contributed by atoms with Gasteiger partial charge in [-0.2, -0.15) is 0 Å². The van der Waals surface area contributed by atoms with Gasteiger partial charge in [0, 0.05) is 10.6 Å². The Morgan fingerprint density at radius 2 is 1.41 bits per heavy atom. The van der Waals surface area contributed by atoms with Crippen LogP contribution in [0.1, 0.15) is 31.8 Å². The molecule has 3 aromatic rings. The summed E-state index contributed by atoms with van der Waals surface area (Å²) < 4.78 is 5.33. The summed E-state index contributed by atoms with van der Waals surface area (Å²) in [6, 6.07) is 20.9. The van der Waals surface area contributed by atoms with Crippen molar-refractivity contribution in [1.29, 1.82) is 0 Å². The minimum absolute atomic E-state index is 0.0618. The molecule has 0 radical (unpaired) electrons. The van der Waals surface area contributed by atoms with E-state index in [2.05, 4.69) is 0 Å². The third kappa shape index (κ3) is 5.16. The maximum Gasteiger partial charge on any atom is 0.343 e. The molecule has 0 unspecified atom stereocenters. The van der Waals surface area contributed by atoms with Gasteiger partial charge in [0.05, 0.1) is 5.56 Å². The average Bonchev–Trinajstić information content (AvgIpc) is 2.68. The predicted molar refractivity (Wildman–Crippen MR) is 107 cm³/mol. The number of hydrogen-bond acceptors (Lipinski definition) is 3. The summed E-state index contributed by atoms with van der Waals surface area (Å²) in [5.74, 6) is -0.0882. The second-order valence-electron chi connectivity index (χ2n) is 6.03. The first-order valence-corrected chi connectivity index (χ1v) is 8.76. The fourth-order valence-corrected chi connectivity index (χ4v) is 2.51. The van der Waals surface area contributed by atoms with Crippen molar-refractivity contribution in [2.24, 2.45) is 0 Å². The van der Waals surface area contributed by atoms with E-state index in [1.165, 1.54) is 6.08 Å². The monoisotopic (exact) mass is 376 g/mol. The Balaban J connectivity index is 1.62. The van der Waals surface area contributed by atoms with Crippen LogP contribution in [0.2, 0.25) is 5.02 Å². The number of hydrogen-bond donors (Lipinski definition) is 0. The molecule has 0 aliphatic rings. The number of rotatable bonds is 5. The molecular weight excluding hydrogens is 360 g/mol. The van der Waals surface area contributed by atoms with Gasteiger partial charge in [0.1, 0.15) is 5.75 Å². The summed E-state index contributed by atoms with van der Waals surface area (Å²) in [6.07, 6.45) is 3.26. The molecule has 0 saturated carbocycles. The fourth-order valence-electron chi connectivity index (χ4n) is 2.38. The molecule has 0 amide bonds. The summed E-state index contributed by atoms with van der Waals surface area (Å²) in [6.45, 7) is 1.98. The van der Waals surface area contributed by atoms with Crippen LogP contribution in [-0.4, -0.2) is 11.8 Å². The number of aryl methyl sites for hydroxylation is 1. The van der Waals surface area contributed by atoms with Gasteiger partial charge >= 0.3 is 5.97 Å². The zero-order valence-corrected chi connectivity index (χ0v) is 15.4. The van der Waals surface area contributed by atoms with Crippen LogP contribution in [0.4, 0.5) is 0 Å². The van der Waals surface area contributed by atoms with Crippen molar-refractivity contribution in [1.82, 2.24) is 0 Å². The van der Waals surface area contributed by atoms with E-state index < -0.39 is 5.97 Å². The van der Waals surface area contributed by atoms with Crippen LogP contribution in [-0.2, 0) is 0 Å². The molecule has 27 heavy (non-hydrogen) atoms. The molecule has 0 spiro atoms. The van der Waals surface area contributed by atoms with Gasteiger partial charge < -0.3 is 4.74 Å². The molecule has 0 atom stereocenters. The lowest BCUT2D eigenvalue weighted by molar-refractivity contribution is 0.0734. The van der Waals surface area contributed by atoms with Crippen molar-refractivity contribution < 1.29 is 14.3 Å². The molecule has 3 aromatic carbocycles. The highest BCUT2D eigenvalue weighted by molar-refractivity contribution is 6.30. The lowest BCUT2D eigenvalue weighted by Gasteiger charge is -2.05. The number of ether oxygens (including phenoxy) is 1. The summed E-state index contributed by atoms with van der Waals surface area (Å²) in [7, 11) is 0. The van der Waals surface area contributed by atoms with Crippen molar-refractivity contribution >= 4 is 29.4 Å². The molecule has 0 fully saturated rings. The van der Waals surface area contributed by atoms with E-state index in [0.29, 0.717) is 21.9 Å². The van der Waals surface area contributed by atoms with E-state index >= 15 is 0 Å².